The van der Waals surface area contributed by atoms with Crippen molar-refractivity contribution in [2.24, 2.45) is 33.8 Å². The summed E-state index contributed by atoms with van der Waals surface area (Å²) >= 11 is 0. The van der Waals surface area contributed by atoms with Crippen molar-refractivity contribution in [2.45, 2.75) is 89.4 Å². The lowest BCUT2D eigenvalue weighted by Crippen LogP contribution is -2.58. The van der Waals surface area contributed by atoms with Crippen LogP contribution in [0.2, 0.25) is 0 Å². The Morgan fingerprint density at radius 2 is 1.47 bits per heavy atom. The molecular formula is C23H44N8O7. The molecule has 15 nitrogen and oxygen atoms in total. The second-order valence-corrected chi connectivity index (χ2v) is 9.10. The Hall–Kier alpha value is -3.46. The van der Waals surface area contributed by atoms with E-state index < -0.39 is 60.2 Å². The van der Waals surface area contributed by atoms with Crippen LogP contribution in [0.5, 0.6) is 0 Å². The Morgan fingerprint density at radius 3 is 2.00 bits per heavy atom. The molecule has 0 spiro atoms. The molecular weight excluding hydrogens is 500 g/mol. The average Bonchev–Trinajstić information content (AvgIpc) is 2.85. The van der Waals surface area contributed by atoms with Gasteiger partial charge in [-0.05, 0) is 44.6 Å². The van der Waals surface area contributed by atoms with E-state index in [0.29, 0.717) is 32.2 Å². The lowest BCUT2D eigenvalue weighted by atomic mass is 9.96. The number of hydrogen-bond acceptors (Lipinski definition) is 8. The zero-order chi connectivity index (χ0) is 29.3. The third-order valence-corrected chi connectivity index (χ3v) is 5.94. The zero-order valence-corrected chi connectivity index (χ0v) is 22.2. The molecule has 5 unspecified atom stereocenters. The van der Waals surface area contributed by atoms with Crippen molar-refractivity contribution in [3.63, 3.8) is 0 Å². The highest BCUT2D eigenvalue weighted by Crippen LogP contribution is 2.11. The van der Waals surface area contributed by atoms with Crippen molar-refractivity contribution < 1.29 is 34.2 Å². The van der Waals surface area contributed by atoms with Crippen LogP contribution in [0.25, 0.3) is 0 Å². The molecule has 0 rings (SSSR count). The van der Waals surface area contributed by atoms with Crippen LogP contribution in [0, 0.1) is 5.92 Å². The Kier molecular flexibility index (Phi) is 17.0. The lowest BCUT2D eigenvalue weighted by molar-refractivity contribution is -0.143. The van der Waals surface area contributed by atoms with Crippen LogP contribution < -0.4 is 38.9 Å². The fourth-order valence-corrected chi connectivity index (χ4v) is 3.43. The number of carboxylic acids is 2. The van der Waals surface area contributed by atoms with E-state index in [4.69, 9.17) is 28.0 Å². The summed E-state index contributed by atoms with van der Waals surface area (Å²) in [6, 6.07) is -4.54. The largest absolute Gasteiger partial charge is 0.481 e. The number of hydrogen-bond donors (Lipinski definition) is 9. The van der Waals surface area contributed by atoms with E-state index in [0.717, 1.165) is 0 Å². The molecule has 0 fully saturated rings. The van der Waals surface area contributed by atoms with Gasteiger partial charge >= 0.3 is 11.9 Å². The van der Waals surface area contributed by atoms with Gasteiger partial charge in [0.2, 0.25) is 17.7 Å². The molecule has 0 radical (unpaired) electrons. The second-order valence-electron chi connectivity index (χ2n) is 9.10. The Morgan fingerprint density at radius 1 is 0.842 bits per heavy atom. The monoisotopic (exact) mass is 544 g/mol. The Bertz CT molecular complexity index is 820. The molecule has 3 amide bonds. The second kappa shape index (κ2) is 18.7. The molecule has 0 aromatic carbocycles. The van der Waals surface area contributed by atoms with E-state index in [-0.39, 0.29) is 37.7 Å². The van der Waals surface area contributed by atoms with Crippen LogP contribution in [0.4, 0.5) is 0 Å². The Labute approximate surface area is 222 Å². The maximum absolute atomic E-state index is 13.2. The molecule has 0 aromatic rings. The summed E-state index contributed by atoms with van der Waals surface area (Å²) in [4.78, 5) is 65.0. The first-order valence-corrected chi connectivity index (χ1v) is 12.7. The molecule has 0 aliphatic heterocycles. The molecule has 218 valence electrons. The third kappa shape index (κ3) is 14.3. The number of aliphatic imine (C=N–C) groups is 1. The van der Waals surface area contributed by atoms with Crippen LogP contribution in [0.15, 0.2) is 4.99 Å². The standard InChI is InChI=1S/C23H44N8O7/c1-3-13(2)18(31-19(34)14(25)7-4-5-11-24)21(36)29-15(8-6-12-28-23(26)27)20(35)30-16(22(37)38)9-10-17(32)33/h13-16,18H,3-12,24-25H2,1-2H3,(H,29,36)(H,30,35)(H,31,34)(H,32,33)(H,37,38)(H4,26,27,28). The smallest absolute Gasteiger partial charge is 0.326 e. The summed E-state index contributed by atoms with van der Waals surface area (Å²) in [6.45, 7) is 4.20. The van der Waals surface area contributed by atoms with Gasteiger partial charge in [-0.3, -0.25) is 24.2 Å². The number of guanidine groups is 1. The normalized spacial score (nSPS) is 14.7. The van der Waals surface area contributed by atoms with Gasteiger partial charge in [0, 0.05) is 13.0 Å². The fourth-order valence-electron chi connectivity index (χ4n) is 3.43. The summed E-state index contributed by atoms with van der Waals surface area (Å²) < 4.78 is 0. The summed E-state index contributed by atoms with van der Waals surface area (Å²) in [7, 11) is 0. The minimum Gasteiger partial charge on any atom is -0.481 e. The number of rotatable bonds is 20. The molecule has 0 aliphatic carbocycles. The van der Waals surface area contributed by atoms with Crippen molar-refractivity contribution >= 4 is 35.6 Å². The molecule has 0 saturated heterocycles. The molecule has 13 N–H and O–H groups in total. The number of nitrogens with two attached hydrogens (primary N) is 4. The van der Waals surface area contributed by atoms with Crippen LogP contribution >= 0.6 is 0 Å². The van der Waals surface area contributed by atoms with Crippen molar-refractivity contribution in [1.82, 2.24) is 16.0 Å². The van der Waals surface area contributed by atoms with Crippen molar-refractivity contribution in [2.75, 3.05) is 13.1 Å². The van der Waals surface area contributed by atoms with Gasteiger partial charge in [-0.15, -0.1) is 0 Å². The number of nitrogens with zero attached hydrogens (tertiary/aromatic N) is 1. The van der Waals surface area contributed by atoms with Gasteiger partial charge in [0.15, 0.2) is 5.96 Å². The van der Waals surface area contributed by atoms with Crippen molar-refractivity contribution in [3.05, 3.63) is 0 Å². The van der Waals surface area contributed by atoms with Gasteiger partial charge in [0.1, 0.15) is 18.1 Å². The number of carbonyl (C=O) groups is 5. The number of nitrogens with one attached hydrogen (secondary N) is 3. The minimum absolute atomic E-state index is 0.0411. The molecule has 0 saturated carbocycles. The number of amides is 3. The first-order valence-electron chi connectivity index (χ1n) is 12.7. The molecule has 0 heterocycles. The highest BCUT2D eigenvalue weighted by atomic mass is 16.4. The van der Waals surface area contributed by atoms with E-state index in [2.05, 4.69) is 20.9 Å². The number of unbranched alkanes of at least 4 members (excludes halogenated alkanes) is 1. The van der Waals surface area contributed by atoms with Gasteiger partial charge in [-0.25, -0.2) is 4.79 Å². The summed E-state index contributed by atoms with van der Waals surface area (Å²) in [5, 5.41) is 25.8. The van der Waals surface area contributed by atoms with E-state index in [1.165, 1.54) is 0 Å². The highest BCUT2D eigenvalue weighted by molar-refractivity contribution is 5.94. The molecule has 0 bridgehead atoms. The van der Waals surface area contributed by atoms with Crippen LogP contribution in [-0.2, 0) is 24.0 Å². The van der Waals surface area contributed by atoms with Crippen molar-refractivity contribution in [1.29, 1.82) is 0 Å². The lowest BCUT2D eigenvalue weighted by Gasteiger charge is -2.28. The van der Waals surface area contributed by atoms with E-state index in [9.17, 15) is 29.1 Å². The molecule has 0 aliphatic rings. The summed E-state index contributed by atoms with van der Waals surface area (Å²) in [6.07, 6.45) is 1.74. The molecule has 0 aromatic heterocycles. The summed E-state index contributed by atoms with van der Waals surface area (Å²) in [5.74, 6) is -5.11. The van der Waals surface area contributed by atoms with Crippen LogP contribution in [0.1, 0.15) is 65.2 Å². The topological polar surface area (TPSA) is 278 Å². The van der Waals surface area contributed by atoms with Gasteiger partial charge in [0.05, 0.1) is 6.04 Å². The molecule has 15 heteroatoms. The highest BCUT2D eigenvalue weighted by Gasteiger charge is 2.32. The number of carbonyl (C=O) groups excluding carboxylic acids is 3. The van der Waals surface area contributed by atoms with E-state index in [1.54, 1.807) is 6.92 Å². The number of aliphatic carboxylic acids is 2. The van der Waals surface area contributed by atoms with Crippen LogP contribution in [0.3, 0.4) is 0 Å². The maximum Gasteiger partial charge on any atom is 0.326 e. The van der Waals surface area contributed by atoms with Gasteiger partial charge in [-0.1, -0.05) is 26.7 Å². The van der Waals surface area contributed by atoms with E-state index >= 15 is 0 Å². The van der Waals surface area contributed by atoms with Crippen molar-refractivity contribution in [3.8, 4) is 0 Å². The molecule has 5 atom stereocenters. The quantitative estimate of drug-likeness (QED) is 0.0456. The predicted octanol–water partition coefficient (Wildman–Crippen LogP) is -2.05. The van der Waals surface area contributed by atoms with E-state index in [1.807, 2.05) is 6.92 Å². The number of carboxylic acid groups (broad SMARTS) is 2. The maximum atomic E-state index is 13.2. The third-order valence-electron chi connectivity index (χ3n) is 5.94. The predicted molar refractivity (Wildman–Crippen MR) is 141 cm³/mol. The van der Waals surface area contributed by atoms with Gasteiger partial charge in [-0.2, -0.15) is 0 Å². The van der Waals surface area contributed by atoms with Gasteiger partial charge < -0.3 is 49.1 Å². The summed E-state index contributed by atoms with van der Waals surface area (Å²) in [5.41, 5.74) is 22.1. The molecule has 38 heavy (non-hydrogen) atoms. The van der Waals surface area contributed by atoms with Crippen LogP contribution in [-0.4, -0.2) is 83.1 Å². The van der Waals surface area contributed by atoms with Gasteiger partial charge in [0.25, 0.3) is 0 Å². The first kappa shape index (κ1) is 34.5. The minimum atomic E-state index is -1.48. The Balaban J connectivity index is 5.64. The fraction of sp³-hybridized carbons (Fsp3) is 0.739. The average molecular weight is 545 g/mol. The SMILES string of the molecule is CCC(C)C(NC(=O)C(N)CCCCN)C(=O)NC(CCCN=C(N)N)C(=O)NC(CCC(=O)O)C(=O)O. The zero-order valence-electron chi connectivity index (χ0n) is 22.2. The first-order chi connectivity index (χ1) is 17.8.